The van der Waals surface area contributed by atoms with Gasteiger partial charge in [-0.25, -0.2) is 39.2 Å². The summed E-state index contributed by atoms with van der Waals surface area (Å²) < 4.78 is 112. The number of nitrogens with one attached hydrogen (secondary N) is 7. The average molecular weight is 1760 g/mol. The molecule has 0 aliphatic heterocycles. The minimum Gasteiger partial charge on any atom is -0.480 e. The summed E-state index contributed by atoms with van der Waals surface area (Å²) in [7, 11) is -16.0. The van der Waals surface area contributed by atoms with E-state index in [4.69, 9.17) is 10.3 Å². The Morgan fingerprint density at radius 2 is 0.891 bits per heavy atom. The Kier molecular flexibility index (Phi) is 29.1. The Balaban J connectivity index is 0.000000157. The van der Waals surface area contributed by atoms with Crippen LogP contribution in [0.25, 0.3) is 61.1 Å². The van der Waals surface area contributed by atoms with Gasteiger partial charge in [-0.1, -0.05) is 211 Å². The van der Waals surface area contributed by atoms with Gasteiger partial charge in [0.05, 0.1) is 25.3 Å². The van der Waals surface area contributed by atoms with Crippen LogP contribution in [0.5, 0.6) is 0 Å². The summed E-state index contributed by atoms with van der Waals surface area (Å²) in [6.45, 7) is 5.29. The maximum Gasteiger partial charge on any atom is 0.322 e. The number of rotatable bonds is 27. The number of carbonyl (C=O) groups is 4. The van der Waals surface area contributed by atoms with Crippen molar-refractivity contribution in [3.05, 3.63) is 323 Å². The molecular weight excluding hydrogens is 1680 g/mol. The third-order valence-corrected chi connectivity index (χ3v) is 26.2. The molecule has 11 N–H and O–H groups in total. The van der Waals surface area contributed by atoms with Crippen LogP contribution in [-0.2, 0) is 78.5 Å². The number of benzene rings is 10. The molecule has 4 aromatic heterocycles. The Bertz CT molecular complexity index is 6410. The number of hydrogen-bond acceptors (Lipinski definition) is 17. The molecular formula is C86H78BrN11O16S5. The van der Waals surface area contributed by atoms with Crippen LogP contribution in [0.2, 0.25) is 0 Å². The van der Waals surface area contributed by atoms with Crippen molar-refractivity contribution >= 4 is 113 Å². The van der Waals surface area contributed by atoms with Crippen molar-refractivity contribution in [2.45, 2.75) is 83.1 Å². The van der Waals surface area contributed by atoms with Crippen LogP contribution in [0.3, 0.4) is 0 Å². The molecule has 4 atom stereocenters. The van der Waals surface area contributed by atoms with E-state index in [1.54, 1.807) is 93.0 Å². The minimum absolute atomic E-state index is 0.0107. The van der Waals surface area contributed by atoms with Crippen LogP contribution in [0.15, 0.2) is 309 Å². The number of aromatic amines is 2. The highest BCUT2D eigenvalue weighted by Gasteiger charge is 2.32. The van der Waals surface area contributed by atoms with Gasteiger partial charge in [0.25, 0.3) is 15.9 Å². The van der Waals surface area contributed by atoms with Crippen LogP contribution in [-0.4, -0.2) is 132 Å². The molecule has 0 aliphatic rings. The lowest BCUT2D eigenvalue weighted by Gasteiger charge is -2.18. The Morgan fingerprint density at radius 1 is 0.462 bits per heavy atom. The first kappa shape index (κ1) is 87.4. The summed E-state index contributed by atoms with van der Waals surface area (Å²) in [5.74, 6) is 1.41. The number of carboxylic acid groups (broad SMARTS) is 3. The van der Waals surface area contributed by atoms with Crippen molar-refractivity contribution in [2.24, 2.45) is 5.92 Å². The van der Waals surface area contributed by atoms with E-state index in [1.807, 2.05) is 171 Å². The molecule has 0 unspecified atom stereocenters. The summed E-state index contributed by atoms with van der Waals surface area (Å²) in [5.41, 5.74) is 12.4. The second-order valence-corrected chi connectivity index (χ2v) is 36.2. The van der Waals surface area contributed by atoms with Gasteiger partial charge in [-0.2, -0.15) is 18.9 Å². The first-order chi connectivity index (χ1) is 56.9. The lowest BCUT2D eigenvalue weighted by molar-refractivity contribution is -0.140. The fourth-order valence-corrected chi connectivity index (χ4v) is 18.3. The Hall–Kier alpha value is -12.4. The fourth-order valence-electron chi connectivity index (χ4n) is 12.0. The predicted octanol–water partition coefficient (Wildman–Crippen LogP) is 12.9. The average Bonchev–Trinajstić information content (AvgIpc) is 1.74. The first-order valence-corrected chi connectivity index (χ1v) is 44.0. The summed E-state index contributed by atoms with van der Waals surface area (Å²) in [5, 5.41) is 51.5. The van der Waals surface area contributed by atoms with Crippen molar-refractivity contribution in [1.29, 1.82) is 0 Å². The number of thiophene rings is 1. The number of aryl methyl sites for hydroxylation is 1. The van der Waals surface area contributed by atoms with E-state index in [1.165, 1.54) is 52.7 Å². The van der Waals surface area contributed by atoms with Crippen LogP contribution >= 0.6 is 27.3 Å². The number of carbonyl (C=O) groups excluding carboxylic acids is 1. The third-order valence-electron chi connectivity index (χ3n) is 18.3. The van der Waals surface area contributed by atoms with Crippen LogP contribution in [0.4, 0.5) is 0 Å². The molecule has 119 heavy (non-hydrogen) atoms. The molecule has 0 saturated heterocycles. The lowest BCUT2D eigenvalue weighted by atomic mass is 10.1. The highest BCUT2D eigenvalue weighted by Crippen LogP contribution is 2.29. The minimum atomic E-state index is -4.10. The quantitative estimate of drug-likeness (QED) is 0.0129. The van der Waals surface area contributed by atoms with Crippen LogP contribution in [0, 0.1) is 24.7 Å². The van der Waals surface area contributed by atoms with Gasteiger partial charge in [-0.05, 0) is 173 Å². The topological polar surface area (TPSA) is 421 Å². The van der Waals surface area contributed by atoms with Crippen LogP contribution in [0.1, 0.15) is 46.5 Å². The van der Waals surface area contributed by atoms with Crippen molar-refractivity contribution in [3.63, 3.8) is 0 Å². The zero-order valence-electron chi connectivity index (χ0n) is 63.5. The molecule has 33 heteroatoms. The SMILES string of the molecule is CC(C)[C@@H](NS(=O)(=O)c1ccc(-c2ccc(Br)cc2)cc1)C(=O)O.Cc1ccc(C#Cc2ccc(S(=O)(=O)N[C@H](Cc3c[nH]c4ccccc34)C(=O)O)s2)cc1.O=C(NO)[C@@H](Cc1ccccc1)NS(=O)(=O)c1ccc(-c2ccccc2)cc1.O=C(O)[C@@H](Cc1c[nH]c2ccccc12)NS(=O)(=O)c1ccc(-c2nnn(-c3ccccc3)n2)cc1. The van der Waals surface area contributed by atoms with Crippen molar-refractivity contribution in [2.75, 3.05) is 0 Å². The summed E-state index contributed by atoms with van der Waals surface area (Å²) in [6.07, 6.45) is 3.51. The normalized spacial score (nSPS) is 12.5. The van der Waals surface area contributed by atoms with E-state index in [-0.39, 0.29) is 44.1 Å². The highest BCUT2D eigenvalue weighted by molar-refractivity contribution is 9.10. The number of tetrazole rings is 1. The molecule has 14 aromatic rings. The molecule has 10 aromatic carbocycles. The fraction of sp³-hybridized carbons (Fsp3) is 0.128. The van der Waals surface area contributed by atoms with Gasteiger partial charge in [0.2, 0.25) is 35.9 Å². The summed E-state index contributed by atoms with van der Waals surface area (Å²) in [4.78, 5) is 54.9. The van der Waals surface area contributed by atoms with Gasteiger partial charge in [0.1, 0.15) is 28.4 Å². The lowest BCUT2D eigenvalue weighted by Crippen LogP contribution is -2.47. The van der Waals surface area contributed by atoms with Gasteiger partial charge >= 0.3 is 17.9 Å². The van der Waals surface area contributed by atoms with E-state index in [0.717, 1.165) is 87.8 Å². The van der Waals surface area contributed by atoms with E-state index in [9.17, 15) is 63.1 Å². The molecule has 610 valence electrons. The number of para-hydroxylation sites is 3. The molecule has 0 spiro atoms. The van der Waals surface area contributed by atoms with E-state index in [2.05, 4.69) is 72.0 Å². The van der Waals surface area contributed by atoms with Crippen molar-refractivity contribution in [3.8, 4) is 51.2 Å². The molecule has 14 rings (SSSR count). The number of nitrogens with zero attached hydrogens (tertiary/aromatic N) is 4. The van der Waals surface area contributed by atoms with E-state index >= 15 is 0 Å². The van der Waals surface area contributed by atoms with Crippen molar-refractivity contribution in [1.82, 2.24) is 54.5 Å². The van der Waals surface area contributed by atoms with Crippen LogP contribution < -0.4 is 24.4 Å². The van der Waals surface area contributed by atoms with Gasteiger partial charge in [0, 0.05) is 62.6 Å². The number of aliphatic carboxylic acids is 3. The largest absolute Gasteiger partial charge is 0.480 e. The number of amides is 1. The highest BCUT2D eigenvalue weighted by atomic mass is 79.9. The van der Waals surface area contributed by atoms with E-state index in [0.29, 0.717) is 21.8 Å². The zero-order valence-corrected chi connectivity index (χ0v) is 69.2. The monoisotopic (exact) mass is 1760 g/mol. The number of sulfonamides is 4. The number of aromatic nitrogens is 6. The maximum absolute atomic E-state index is 12.9. The second-order valence-electron chi connectivity index (χ2n) is 27.1. The smallest absolute Gasteiger partial charge is 0.322 e. The van der Waals surface area contributed by atoms with Gasteiger partial charge < -0.3 is 25.3 Å². The Labute approximate surface area is 698 Å². The predicted molar refractivity (Wildman–Crippen MR) is 456 cm³/mol. The number of hydroxylamine groups is 1. The van der Waals surface area contributed by atoms with E-state index < -0.39 is 88.1 Å². The molecule has 0 aliphatic carbocycles. The molecule has 27 nitrogen and oxygen atoms in total. The number of halogens is 1. The number of H-pyrrole nitrogens is 2. The molecule has 0 radical (unpaired) electrons. The third kappa shape index (κ3) is 23.7. The number of fused-ring (bicyclic) bond motifs is 2. The second kappa shape index (κ2) is 39.7. The zero-order chi connectivity index (χ0) is 85.0. The van der Waals surface area contributed by atoms with Crippen molar-refractivity contribution < 1.29 is 73.4 Å². The molecule has 0 fully saturated rings. The molecule has 4 heterocycles. The molecule has 1 amide bonds. The Morgan fingerprint density at radius 3 is 1.37 bits per heavy atom. The first-order valence-electron chi connectivity index (χ1n) is 36.4. The number of hydrogen-bond donors (Lipinski definition) is 11. The number of carboxylic acids is 3. The van der Waals surface area contributed by atoms with Gasteiger partial charge in [-0.15, -0.1) is 26.3 Å². The van der Waals surface area contributed by atoms with Gasteiger partial charge in [0.15, 0.2) is 0 Å². The standard InChI is InChI=1S/C24H20N6O4S.C24H20N2O4S2.C21H20N2O4S.C17H18BrNO4S/c31-24(32)22(14-17-15-25-21-9-5-4-8-20(17)21)28-35(33,34)19-12-10-16(11-13-19)23-26-29-30(27-23)18-6-2-1-3-7-18;1-16-6-8-17(9-7-16)10-11-19-12-13-23(31-19)32(29,30)26-22(24(27)28)14-18-15-25-21-5-3-2-4-20(18)21;24-21(22-25)20(15-16-7-3-1-4-8-16)23-28(26,27)19-13-11-18(12-14-19)17-9-5-2-6-10-17;1-11(2)16(17(20)21)19-24(22,23)15-9-5-13(6-10-15)12-3-7-14(18)8-4-12/h1-13,15,22,25,28H,14H2,(H,31,32);2-9,12-13,15,22,25-26H,14H2,1H3,(H,27,28);1-14,20,23,25H,15H2,(H,22,24);3-11,16,19H,1-2H3,(H,20,21)/t2*22-;20-;16-/m1111/s1. The summed E-state index contributed by atoms with van der Waals surface area (Å²) in [6, 6.07) is 74.8. The molecule has 0 saturated carbocycles. The van der Waals surface area contributed by atoms with Gasteiger partial charge in [-0.3, -0.25) is 24.4 Å². The maximum atomic E-state index is 12.9. The molecule has 0 bridgehead atoms. The summed E-state index contributed by atoms with van der Waals surface area (Å²) >= 11 is 4.37.